The summed E-state index contributed by atoms with van der Waals surface area (Å²) in [5.74, 6) is 1.57. The van der Waals surface area contributed by atoms with Crippen molar-refractivity contribution in [2.75, 3.05) is 5.75 Å². The molecule has 0 saturated heterocycles. The largest absolute Gasteiger partial charge is 0.327 e. The fourth-order valence-corrected chi connectivity index (χ4v) is 3.34. The molecule has 0 aromatic heterocycles. The molecule has 1 aliphatic carbocycles. The predicted molar refractivity (Wildman–Crippen MR) is 67.1 cm³/mol. The summed E-state index contributed by atoms with van der Waals surface area (Å²) < 4.78 is 12.9. The summed E-state index contributed by atoms with van der Waals surface area (Å²) in [5, 5.41) is 0. The van der Waals surface area contributed by atoms with E-state index >= 15 is 0 Å². The average Bonchev–Trinajstić information content (AvgIpc) is 2.65. The Bertz CT molecular complexity index is 342. The molecule has 0 aliphatic heterocycles. The first-order chi connectivity index (χ1) is 7.75. The van der Waals surface area contributed by atoms with E-state index in [1.807, 2.05) is 6.07 Å². The van der Waals surface area contributed by atoms with Gasteiger partial charge in [-0.3, -0.25) is 0 Å². The van der Waals surface area contributed by atoms with Crippen molar-refractivity contribution in [2.24, 2.45) is 11.7 Å². The number of nitrogens with two attached hydrogens (primary N) is 1. The molecule has 88 valence electrons. The molecule has 3 heteroatoms. The lowest BCUT2D eigenvalue weighted by Crippen LogP contribution is -2.24. The molecule has 0 spiro atoms. The van der Waals surface area contributed by atoms with Crippen molar-refractivity contribution >= 4 is 11.8 Å². The van der Waals surface area contributed by atoms with Gasteiger partial charge in [0.25, 0.3) is 0 Å². The molecular weight excluding hydrogens is 221 g/mol. The van der Waals surface area contributed by atoms with Crippen molar-refractivity contribution in [3.63, 3.8) is 0 Å². The lowest BCUT2D eigenvalue weighted by Gasteiger charge is -2.14. The quantitative estimate of drug-likeness (QED) is 0.815. The molecule has 2 N–H and O–H groups in total. The topological polar surface area (TPSA) is 26.0 Å². The minimum absolute atomic E-state index is 0.150. The highest BCUT2D eigenvalue weighted by Crippen LogP contribution is 2.29. The number of thioether (sulfide) groups is 1. The molecule has 1 aliphatic rings. The summed E-state index contributed by atoms with van der Waals surface area (Å²) in [5.41, 5.74) is 6.01. The van der Waals surface area contributed by atoms with Gasteiger partial charge in [-0.15, -0.1) is 11.8 Å². The second-order valence-corrected chi connectivity index (χ2v) is 5.62. The van der Waals surface area contributed by atoms with Crippen LogP contribution in [0.15, 0.2) is 29.2 Å². The standard InChI is InChI=1S/C13H18FNS/c14-11-4-2-5-12(9-11)16-8-7-10-3-1-6-13(10)15/h2,4-5,9-10,13H,1,3,6-8,15H2. The van der Waals surface area contributed by atoms with E-state index in [4.69, 9.17) is 5.73 Å². The highest BCUT2D eigenvalue weighted by molar-refractivity contribution is 7.99. The fourth-order valence-electron chi connectivity index (χ4n) is 2.31. The van der Waals surface area contributed by atoms with E-state index in [-0.39, 0.29) is 5.82 Å². The van der Waals surface area contributed by atoms with Crippen molar-refractivity contribution in [1.82, 2.24) is 0 Å². The predicted octanol–water partition coefficient (Wildman–Crippen LogP) is 3.44. The van der Waals surface area contributed by atoms with Crippen LogP contribution in [0.5, 0.6) is 0 Å². The Balaban J connectivity index is 1.75. The first-order valence-corrected chi connectivity index (χ1v) is 6.88. The summed E-state index contributed by atoms with van der Waals surface area (Å²) in [4.78, 5) is 1.02. The molecule has 1 aromatic carbocycles. The number of hydrogen-bond acceptors (Lipinski definition) is 2. The molecule has 0 radical (unpaired) electrons. The van der Waals surface area contributed by atoms with Crippen LogP contribution >= 0.6 is 11.8 Å². The van der Waals surface area contributed by atoms with Gasteiger partial charge < -0.3 is 5.73 Å². The summed E-state index contributed by atoms with van der Waals surface area (Å²) in [7, 11) is 0. The zero-order valence-corrected chi connectivity index (χ0v) is 10.2. The smallest absolute Gasteiger partial charge is 0.124 e. The maximum absolute atomic E-state index is 12.9. The van der Waals surface area contributed by atoms with E-state index in [2.05, 4.69) is 0 Å². The van der Waals surface area contributed by atoms with Crippen LogP contribution in [0.25, 0.3) is 0 Å². The van der Waals surface area contributed by atoms with Gasteiger partial charge in [-0.1, -0.05) is 12.5 Å². The molecule has 1 saturated carbocycles. The van der Waals surface area contributed by atoms with Crippen LogP contribution in [0.3, 0.4) is 0 Å². The normalized spacial score (nSPS) is 24.9. The molecule has 0 bridgehead atoms. The van der Waals surface area contributed by atoms with E-state index in [0.717, 1.165) is 17.1 Å². The molecule has 2 atom stereocenters. The zero-order valence-electron chi connectivity index (χ0n) is 9.36. The summed E-state index contributed by atoms with van der Waals surface area (Å²) in [6.07, 6.45) is 4.87. The van der Waals surface area contributed by atoms with E-state index in [0.29, 0.717) is 12.0 Å². The Hall–Kier alpha value is -0.540. The van der Waals surface area contributed by atoms with Crippen LogP contribution in [0, 0.1) is 11.7 Å². The lowest BCUT2D eigenvalue weighted by atomic mass is 10.0. The highest BCUT2D eigenvalue weighted by Gasteiger charge is 2.23. The van der Waals surface area contributed by atoms with Gasteiger partial charge in [0.1, 0.15) is 5.82 Å². The minimum Gasteiger partial charge on any atom is -0.327 e. The van der Waals surface area contributed by atoms with Crippen LogP contribution < -0.4 is 5.73 Å². The maximum atomic E-state index is 12.9. The molecular formula is C13H18FNS. The number of halogens is 1. The Labute approximate surface area is 101 Å². The average molecular weight is 239 g/mol. The van der Waals surface area contributed by atoms with E-state index in [1.165, 1.54) is 25.3 Å². The van der Waals surface area contributed by atoms with Crippen LogP contribution in [-0.2, 0) is 0 Å². The van der Waals surface area contributed by atoms with Crippen LogP contribution in [-0.4, -0.2) is 11.8 Å². The van der Waals surface area contributed by atoms with Crippen molar-refractivity contribution in [3.05, 3.63) is 30.1 Å². The molecule has 1 nitrogen and oxygen atoms in total. The molecule has 0 amide bonds. The van der Waals surface area contributed by atoms with E-state index < -0.39 is 0 Å². The van der Waals surface area contributed by atoms with Crippen LogP contribution in [0.1, 0.15) is 25.7 Å². The van der Waals surface area contributed by atoms with Gasteiger partial charge >= 0.3 is 0 Å². The summed E-state index contributed by atoms with van der Waals surface area (Å²) in [6, 6.07) is 7.20. The van der Waals surface area contributed by atoms with E-state index in [1.54, 1.807) is 23.9 Å². The van der Waals surface area contributed by atoms with E-state index in [9.17, 15) is 4.39 Å². The van der Waals surface area contributed by atoms with Gasteiger partial charge in [-0.05, 0) is 49.1 Å². The fraction of sp³-hybridized carbons (Fsp3) is 0.538. The third kappa shape index (κ3) is 3.22. The first-order valence-electron chi connectivity index (χ1n) is 5.89. The van der Waals surface area contributed by atoms with Gasteiger partial charge in [-0.2, -0.15) is 0 Å². The molecule has 16 heavy (non-hydrogen) atoms. The van der Waals surface area contributed by atoms with Crippen LogP contribution in [0.2, 0.25) is 0 Å². The zero-order chi connectivity index (χ0) is 11.4. The molecule has 0 heterocycles. The van der Waals surface area contributed by atoms with Crippen molar-refractivity contribution < 1.29 is 4.39 Å². The second kappa shape index (κ2) is 5.69. The van der Waals surface area contributed by atoms with Gasteiger partial charge in [-0.25, -0.2) is 4.39 Å². The van der Waals surface area contributed by atoms with Crippen LogP contribution in [0.4, 0.5) is 4.39 Å². The molecule has 2 unspecified atom stereocenters. The highest BCUT2D eigenvalue weighted by atomic mass is 32.2. The van der Waals surface area contributed by atoms with Crippen molar-refractivity contribution in [2.45, 2.75) is 36.6 Å². The third-order valence-electron chi connectivity index (χ3n) is 3.27. The van der Waals surface area contributed by atoms with Gasteiger partial charge in [0, 0.05) is 10.9 Å². The van der Waals surface area contributed by atoms with Crippen molar-refractivity contribution in [3.8, 4) is 0 Å². The van der Waals surface area contributed by atoms with Crippen molar-refractivity contribution in [1.29, 1.82) is 0 Å². The SMILES string of the molecule is NC1CCCC1CCSc1cccc(F)c1. The third-order valence-corrected chi connectivity index (χ3v) is 4.30. The van der Waals surface area contributed by atoms with Gasteiger partial charge in [0.15, 0.2) is 0 Å². The Morgan fingerprint density at radius 1 is 1.38 bits per heavy atom. The number of rotatable bonds is 4. The lowest BCUT2D eigenvalue weighted by molar-refractivity contribution is 0.470. The number of hydrogen-bond donors (Lipinski definition) is 1. The van der Waals surface area contributed by atoms with Gasteiger partial charge in [0.05, 0.1) is 0 Å². The summed E-state index contributed by atoms with van der Waals surface area (Å²) >= 11 is 1.73. The number of benzene rings is 1. The molecule has 2 rings (SSSR count). The summed E-state index contributed by atoms with van der Waals surface area (Å²) in [6.45, 7) is 0. The second-order valence-electron chi connectivity index (χ2n) is 4.45. The Morgan fingerprint density at radius 3 is 2.94 bits per heavy atom. The molecule has 1 fully saturated rings. The van der Waals surface area contributed by atoms with Gasteiger partial charge in [0.2, 0.25) is 0 Å². The Kier molecular flexibility index (Phi) is 4.24. The minimum atomic E-state index is -0.150. The Morgan fingerprint density at radius 2 is 2.25 bits per heavy atom. The maximum Gasteiger partial charge on any atom is 0.124 e. The first kappa shape index (κ1) is 11.9. The monoisotopic (exact) mass is 239 g/mol. The molecule has 1 aromatic rings.